The van der Waals surface area contributed by atoms with E-state index in [-0.39, 0.29) is 6.42 Å². The van der Waals surface area contributed by atoms with Crippen molar-refractivity contribution in [2.75, 3.05) is 26.2 Å². The van der Waals surface area contributed by atoms with Crippen LogP contribution in [0.5, 0.6) is 0 Å². The second-order valence-corrected chi connectivity index (χ2v) is 8.89. The molecule has 0 N–H and O–H groups in total. The monoisotopic (exact) mass is 413 g/mol. The largest absolute Gasteiger partial charge is 0.550 e. The highest BCUT2D eigenvalue weighted by molar-refractivity contribution is 5.63. The Morgan fingerprint density at radius 2 is 0.828 bits per heavy atom. The van der Waals surface area contributed by atoms with E-state index in [1.54, 1.807) is 0 Å². The summed E-state index contributed by atoms with van der Waals surface area (Å²) in [6.45, 7) is 17.2. The summed E-state index contributed by atoms with van der Waals surface area (Å²) in [5.41, 5.74) is 0. The highest BCUT2D eigenvalue weighted by atomic mass is 16.4. The van der Waals surface area contributed by atoms with Gasteiger partial charge in [-0.25, -0.2) is 0 Å². The van der Waals surface area contributed by atoms with Gasteiger partial charge in [-0.05, 0) is 38.5 Å². The molecule has 0 heterocycles. The molecule has 0 aromatic rings. The van der Waals surface area contributed by atoms with Crippen molar-refractivity contribution in [1.82, 2.24) is 0 Å². The summed E-state index contributed by atoms with van der Waals surface area (Å²) in [4.78, 5) is 10.0. The third-order valence-electron chi connectivity index (χ3n) is 5.93. The number of quaternary nitrogens is 1. The zero-order valence-electron chi connectivity index (χ0n) is 20.9. The topological polar surface area (TPSA) is 40.1 Å². The molecule has 0 atom stereocenters. The van der Waals surface area contributed by atoms with Gasteiger partial charge in [0.1, 0.15) is 0 Å². The van der Waals surface area contributed by atoms with Gasteiger partial charge in [0.05, 0.1) is 26.2 Å². The van der Waals surface area contributed by atoms with Crippen molar-refractivity contribution in [1.29, 1.82) is 0 Å². The van der Waals surface area contributed by atoms with Gasteiger partial charge in [0, 0.05) is 5.97 Å². The number of carbonyl (C=O) groups excluding carboxylic acids is 1. The first-order valence-electron chi connectivity index (χ1n) is 13.1. The maximum atomic E-state index is 10.0. The summed E-state index contributed by atoms with van der Waals surface area (Å²) in [6, 6.07) is 0. The molecule has 3 heteroatoms. The molecule has 0 aliphatic carbocycles. The Morgan fingerprint density at radius 1 is 0.517 bits per heavy atom. The molecule has 0 amide bonds. The Kier molecular flexibility index (Phi) is 25.0. The summed E-state index contributed by atoms with van der Waals surface area (Å²) in [6.07, 6.45) is 19.4. The van der Waals surface area contributed by atoms with Crippen LogP contribution in [0.25, 0.3) is 0 Å². The van der Waals surface area contributed by atoms with Crippen molar-refractivity contribution in [3.05, 3.63) is 0 Å². The van der Waals surface area contributed by atoms with Crippen molar-refractivity contribution >= 4 is 5.97 Å². The molecular weight excluding hydrogens is 358 g/mol. The number of unbranched alkanes of at least 4 members (excludes halogenated alkanes) is 10. The highest BCUT2D eigenvalue weighted by Crippen LogP contribution is 2.16. The second-order valence-electron chi connectivity index (χ2n) is 8.89. The lowest BCUT2D eigenvalue weighted by atomic mass is 10.1. The van der Waals surface area contributed by atoms with Gasteiger partial charge in [-0.15, -0.1) is 0 Å². The van der Waals surface area contributed by atoms with Gasteiger partial charge in [0.2, 0.25) is 0 Å². The lowest BCUT2D eigenvalue weighted by molar-refractivity contribution is -0.929. The SMILES string of the molecule is CCCCCCCCCC(=O)[O-].CCCC[N+](CCCC)(CCCC)CCCC. The number of rotatable bonds is 20. The van der Waals surface area contributed by atoms with Crippen LogP contribution in [-0.4, -0.2) is 36.6 Å². The molecule has 0 aliphatic heterocycles. The molecule has 0 bridgehead atoms. The lowest BCUT2D eigenvalue weighted by Gasteiger charge is -2.39. The minimum atomic E-state index is -0.913. The standard InChI is InChI=1S/C16H36N.C10H20O2/c1-5-9-13-17(14-10-6-2,15-11-7-3)16-12-8-4;1-2-3-4-5-6-7-8-9-10(11)12/h5-16H2,1-4H3;2-9H2,1H3,(H,11,12)/q+1;/p-1. The van der Waals surface area contributed by atoms with E-state index >= 15 is 0 Å². The van der Waals surface area contributed by atoms with E-state index in [0.717, 1.165) is 12.8 Å². The molecule has 0 unspecified atom stereocenters. The van der Waals surface area contributed by atoms with E-state index in [2.05, 4.69) is 34.6 Å². The maximum Gasteiger partial charge on any atom is 0.0786 e. The molecule has 0 aromatic carbocycles. The molecule has 0 fully saturated rings. The fraction of sp³-hybridized carbons (Fsp3) is 0.962. The number of carbonyl (C=O) groups is 1. The Labute approximate surface area is 184 Å². The molecule has 0 saturated carbocycles. The first kappa shape index (κ1) is 30.6. The van der Waals surface area contributed by atoms with Gasteiger partial charge in [0.15, 0.2) is 0 Å². The molecule has 0 rings (SSSR count). The molecule has 0 saturated heterocycles. The van der Waals surface area contributed by atoms with E-state index < -0.39 is 5.97 Å². The number of carboxylic acid groups (broad SMARTS) is 1. The molecule has 0 aromatic heterocycles. The number of hydrogen-bond acceptors (Lipinski definition) is 2. The number of aliphatic carboxylic acids is 1. The fourth-order valence-electron chi connectivity index (χ4n) is 3.87. The van der Waals surface area contributed by atoms with Crippen LogP contribution in [0.1, 0.15) is 137 Å². The molecular formula is C26H55NO2. The summed E-state index contributed by atoms with van der Waals surface area (Å²) in [7, 11) is 0. The van der Waals surface area contributed by atoms with Crippen LogP contribution >= 0.6 is 0 Å². The average Bonchev–Trinajstić information content (AvgIpc) is 2.72. The number of hydrogen-bond donors (Lipinski definition) is 0. The van der Waals surface area contributed by atoms with Crippen molar-refractivity contribution in [3.63, 3.8) is 0 Å². The molecule has 0 spiro atoms. The molecule has 29 heavy (non-hydrogen) atoms. The van der Waals surface area contributed by atoms with Crippen LogP contribution < -0.4 is 5.11 Å². The quantitative estimate of drug-likeness (QED) is 0.161. The Bertz CT molecular complexity index is 293. The first-order chi connectivity index (χ1) is 14.0. The smallest absolute Gasteiger partial charge is 0.0786 e. The predicted molar refractivity (Wildman–Crippen MR) is 127 cm³/mol. The zero-order chi connectivity index (χ0) is 22.2. The second kappa shape index (κ2) is 23.7. The van der Waals surface area contributed by atoms with Gasteiger partial charge in [-0.3, -0.25) is 0 Å². The van der Waals surface area contributed by atoms with E-state index in [1.807, 2.05) is 0 Å². The Morgan fingerprint density at radius 3 is 1.14 bits per heavy atom. The Balaban J connectivity index is 0. The van der Waals surface area contributed by atoms with Crippen molar-refractivity contribution in [3.8, 4) is 0 Å². The number of nitrogens with zero attached hydrogens (tertiary/aromatic N) is 1. The van der Waals surface area contributed by atoms with Crippen molar-refractivity contribution in [2.24, 2.45) is 0 Å². The van der Waals surface area contributed by atoms with E-state index in [9.17, 15) is 9.90 Å². The normalized spacial score (nSPS) is 11.2. The molecule has 3 nitrogen and oxygen atoms in total. The van der Waals surface area contributed by atoms with E-state index in [0.29, 0.717) is 0 Å². The van der Waals surface area contributed by atoms with Crippen LogP contribution in [0.15, 0.2) is 0 Å². The van der Waals surface area contributed by atoms with E-state index in [4.69, 9.17) is 0 Å². The minimum absolute atomic E-state index is 0.230. The van der Waals surface area contributed by atoms with Crippen LogP contribution in [0, 0.1) is 0 Å². The third-order valence-corrected chi connectivity index (χ3v) is 5.93. The van der Waals surface area contributed by atoms with Crippen LogP contribution in [-0.2, 0) is 4.79 Å². The summed E-state index contributed by atoms with van der Waals surface area (Å²) < 4.78 is 1.42. The summed E-state index contributed by atoms with van der Waals surface area (Å²) >= 11 is 0. The van der Waals surface area contributed by atoms with Gasteiger partial charge < -0.3 is 14.4 Å². The molecule has 0 aliphatic rings. The van der Waals surface area contributed by atoms with Crippen LogP contribution in [0.3, 0.4) is 0 Å². The summed E-state index contributed by atoms with van der Waals surface area (Å²) in [5.74, 6) is -0.913. The molecule has 176 valence electrons. The Hall–Kier alpha value is -0.570. The lowest BCUT2D eigenvalue weighted by Crippen LogP contribution is -2.50. The van der Waals surface area contributed by atoms with Gasteiger partial charge >= 0.3 is 0 Å². The van der Waals surface area contributed by atoms with E-state index in [1.165, 1.54) is 114 Å². The van der Waals surface area contributed by atoms with Gasteiger partial charge in [-0.2, -0.15) is 0 Å². The molecule has 0 radical (unpaired) electrons. The fourth-order valence-corrected chi connectivity index (χ4v) is 3.87. The average molecular weight is 414 g/mol. The van der Waals surface area contributed by atoms with Gasteiger partial charge in [-0.1, -0.05) is 98.8 Å². The minimum Gasteiger partial charge on any atom is -0.550 e. The van der Waals surface area contributed by atoms with Gasteiger partial charge in [0.25, 0.3) is 0 Å². The van der Waals surface area contributed by atoms with Crippen molar-refractivity contribution < 1.29 is 14.4 Å². The first-order valence-corrected chi connectivity index (χ1v) is 13.1. The van der Waals surface area contributed by atoms with Crippen molar-refractivity contribution in [2.45, 2.75) is 137 Å². The maximum absolute atomic E-state index is 10.0. The third kappa shape index (κ3) is 21.9. The highest BCUT2D eigenvalue weighted by Gasteiger charge is 2.24. The number of carboxylic acids is 1. The predicted octanol–water partition coefficient (Wildman–Crippen LogP) is 6.88. The zero-order valence-corrected chi connectivity index (χ0v) is 20.9. The summed E-state index contributed by atoms with van der Waals surface area (Å²) in [5, 5.41) is 10.0. The van der Waals surface area contributed by atoms with Crippen LogP contribution in [0.2, 0.25) is 0 Å². The van der Waals surface area contributed by atoms with Crippen LogP contribution in [0.4, 0.5) is 0 Å².